The van der Waals surface area contributed by atoms with Crippen molar-refractivity contribution in [1.82, 2.24) is 9.97 Å². The van der Waals surface area contributed by atoms with Gasteiger partial charge < -0.3 is 5.11 Å². The molecule has 0 aliphatic rings. The number of hydrogen-bond acceptors (Lipinski definition) is 4. The summed E-state index contributed by atoms with van der Waals surface area (Å²) in [4.78, 5) is 20.0. The molecule has 7 heteroatoms. The minimum Gasteiger partial charge on any atom is -0.465 e. The summed E-state index contributed by atoms with van der Waals surface area (Å²) in [7, 11) is 1.43. The highest BCUT2D eigenvalue weighted by molar-refractivity contribution is 7.19. The maximum Gasteiger partial charge on any atom is 0.412 e. The van der Waals surface area contributed by atoms with Crippen LogP contribution in [0.3, 0.4) is 0 Å². The molecule has 0 aliphatic heterocycles. The summed E-state index contributed by atoms with van der Waals surface area (Å²) in [5.41, 5.74) is 0.810. The van der Waals surface area contributed by atoms with Crippen LogP contribution in [0.4, 0.5) is 9.80 Å². The van der Waals surface area contributed by atoms with E-state index in [0.717, 1.165) is 10.5 Å². The number of pyridine rings is 1. The normalized spacial score (nSPS) is 10.2. The number of aromatic nitrogens is 2. The SMILES string of the molecule is CN(C(=O)O)c1sc(-c2cccnc2)nc1Cl. The van der Waals surface area contributed by atoms with Crippen molar-refractivity contribution in [2.45, 2.75) is 0 Å². The molecule has 0 fully saturated rings. The molecule has 1 N–H and O–H groups in total. The topological polar surface area (TPSA) is 66.3 Å². The summed E-state index contributed by atoms with van der Waals surface area (Å²) in [5, 5.41) is 10.1. The number of amides is 1. The van der Waals surface area contributed by atoms with Crippen LogP contribution in [0.5, 0.6) is 0 Å². The van der Waals surface area contributed by atoms with Gasteiger partial charge >= 0.3 is 6.09 Å². The van der Waals surface area contributed by atoms with Gasteiger partial charge in [0.05, 0.1) is 0 Å². The van der Waals surface area contributed by atoms with Gasteiger partial charge in [-0.2, -0.15) is 0 Å². The van der Waals surface area contributed by atoms with Crippen LogP contribution in [0, 0.1) is 0 Å². The Morgan fingerprint density at radius 1 is 1.59 bits per heavy atom. The summed E-state index contributed by atoms with van der Waals surface area (Å²) in [6.45, 7) is 0. The fourth-order valence-electron chi connectivity index (χ4n) is 1.20. The quantitative estimate of drug-likeness (QED) is 0.910. The van der Waals surface area contributed by atoms with Crippen molar-refractivity contribution < 1.29 is 9.90 Å². The van der Waals surface area contributed by atoms with E-state index in [4.69, 9.17) is 16.7 Å². The van der Waals surface area contributed by atoms with Gasteiger partial charge in [-0.1, -0.05) is 22.9 Å². The van der Waals surface area contributed by atoms with Crippen LogP contribution < -0.4 is 4.90 Å². The summed E-state index contributed by atoms with van der Waals surface area (Å²) < 4.78 is 0. The number of carboxylic acid groups (broad SMARTS) is 1. The van der Waals surface area contributed by atoms with Crippen molar-refractivity contribution in [3.63, 3.8) is 0 Å². The molecule has 0 unspecified atom stereocenters. The molecule has 88 valence electrons. The zero-order chi connectivity index (χ0) is 12.4. The first kappa shape index (κ1) is 11.8. The van der Waals surface area contributed by atoms with Crippen molar-refractivity contribution in [3.8, 4) is 10.6 Å². The second-order valence-corrected chi connectivity index (χ2v) is 4.53. The maximum atomic E-state index is 10.8. The highest BCUT2D eigenvalue weighted by Gasteiger charge is 2.18. The fourth-order valence-corrected chi connectivity index (χ4v) is 2.48. The minimum absolute atomic E-state index is 0.179. The molecule has 2 rings (SSSR count). The molecule has 17 heavy (non-hydrogen) atoms. The van der Waals surface area contributed by atoms with E-state index in [1.807, 2.05) is 6.07 Å². The lowest BCUT2D eigenvalue weighted by Gasteiger charge is -2.08. The van der Waals surface area contributed by atoms with Gasteiger partial charge in [0, 0.05) is 25.0 Å². The van der Waals surface area contributed by atoms with E-state index in [1.165, 1.54) is 18.4 Å². The van der Waals surface area contributed by atoms with Crippen LogP contribution >= 0.6 is 22.9 Å². The lowest BCUT2D eigenvalue weighted by atomic mass is 10.3. The first-order valence-corrected chi connectivity index (χ1v) is 5.82. The molecule has 0 saturated heterocycles. The number of carbonyl (C=O) groups is 1. The Kier molecular flexibility index (Phi) is 3.26. The van der Waals surface area contributed by atoms with Gasteiger partial charge in [-0.15, -0.1) is 0 Å². The standard InChI is InChI=1S/C10H8ClN3O2S/c1-14(10(15)16)9-7(11)13-8(17-9)6-3-2-4-12-5-6/h2-5H,1H3,(H,15,16). The summed E-state index contributed by atoms with van der Waals surface area (Å²) in [5.74, 6) is 0. The third kappa shape index (κ3) is 2.37. The molecule has 0 radical (unpaired) electrons. The van der Waals surface area contributed by atoms with Gasteiger partial charge in [-0.25, -0.2) is 9.78 Å². The van der Waals surface area contributed by atoms with Crippen LogP contribution in [0.15, 0.2) is 24.5 Å². The van der Waals surface area contributed by atoms with E-state index in [9.17, 15) is 4.79 Å². The van der Waals surface area contributed by atoms with E-state index in [2.05, 4.69) is 9.97 Å². The number of halogens is 1. The average molecular weight is 270 g/mol. The van der Waals surface area contributed by atoms with Crippen molar-refractivity contribution in [3.05, 3.63) is 29.7 Å². The third-order valence-electron chi connectivity index (χ3n) is 2.07. The first-order valence-electron chi connectivity index (χ1n) is 4.63. The molecule has 2 aromatic rings. The van der Waals surface area contributed by atoms with Crippen LogP contribution in [-0.4, -0.2) is 28.2 Å². The van der Waals surface area contributed by atoms with E-state index in [1.54, 1.807) is 18.5 Å². The molecule has 2 aromatic heterocycles. The van der Waals surface area contributed by atoms with E-state index >= 15 is 0 Å². The predicted octanol–water partition coefficient (Wildman–Crippen LogP) is 2.97. The number of nitrogens with zero attached hydrogens (tertiary/aromatic N) is 3. The number of hydrogen-bond donors (Lipinski definition) is 1. The summed E-state index contributed by atoms with van der Waals surface area (Å²) in [6.07, 6.45) is 2.23. The Balaban J connectivity index is 2.41. The number of thiazole rings is 1. The smallest absolute Gasteiger partial charge is 0.412 e. The highest BCUT2D eigenvalue weighted by atomic mass is 35.5. The van der Waals surface area contributed by atoms with Crippen molar-refractivity contribution in [2.24, 2.45) is 0 Å². The molecule has 0 bridgehead atoms. The Morgan fingerprint density at radius 3 is 2.94 bits per heavy atom. The van der Waals surface area contributed by atoms with Crippen molar-refractivity contribution >= 4 is 34.0 Å². The Hall–Kier alpha value is -1.66. The monoisotopic (exact) mass is 269 g/mol. The van der Waals surface area contributed by atoms with Crippen molar-refractivity contribution in [1.29, 1.82) is 0 Å². The fraction of sp³-hybridized carbons (Fsp3) is 0.100. The first-order chi connectivity index (χ1) is 8.09. The molecular weight excluding hydrogens is 262 g/mol. The molecular formula is C10H8ClN3O2S. The molecule has 0 spiro atoms. The van der Waals surface area contributed by atoms with Gasteiger partial charge in [-0.3, -0.25) is 9.88 Å². The molecule has 0 atom stereocenters. The van der Waals surface area contributed by atoms with Crippen LogP contribution in [0.1, 0.15) is 0 Å². The van der Waals surface area contributed by atoms with E-state index < -0.39 is 6.09 Å². The number of rotatable bonds is 2. The lowest BCUT2D eigenvalue weighted by Crippen LogP contribution is -2.22. The Bertz CT molecular complexity index is 544. The second kappa shape index (κ2) is 4.68. The largest absolute Gasteiger partial charge is 0.465 e. The Labute approximate surface area is 106 Å². The molecule has 0 aliphatic carbocycles. The van der Waals surface area contributed by atoms with E-state index in [0.29, 0.717) is 10.0 Å². The molecule has 1 amide bonds. The zero-order valence-electron chi connectivity index (χ0n) is 8.79. The van der Waals surface area contributed by atoms with Gasteiger partial charge in [-0.05, 0) is 12.1 Å². The van der Waals surface area contributed by atoms with Gasteiger partial charge in [0.25, 0.3) is 0 Å². The average Bonchev–Trinajstić information content (AvgIpc) is 2.71. The predicted molar refractivity (Wildman–Crippen MR) is 66.8 cm³/mol. The van der Waals surface area contributed by atoms with Crippen LogP contribution in [0.2, 0.25) is 5.15 Å². The summed E-state index contributed by atoms with van der Waals surface area (Å²) in [6, 6.07) is 3.62. The maximum absolute atomic E-state index is 10.8. The molecule has 5 nitrogen and oxygen atoms in total. The van der Waals surface area contributed by atoms with Gasteiger partial charge in [0.2, 0.25) is 0 Å². The molecule has 0 aromatic carbocycles. The molecule has 2 heterocycles. The van der Waals surface area contributed by atoms with Gasteiger partial charge in [0.15, 0.2) is 5.15 Å². The lowest BCUT2D eigenvalue weighted by molar-refractivity contribution is 0.203. The minimum atomic E-state index is -1.08. The Morgan fingerprint density at radius 2 is 2.35 bits per heavy atom. The second-order valence-electron chi connectivity index (χ2n) is 3.20. The van der Waals surface area contributed by atoms with E-state index in [-0.39, 0.29) is 5.15 Å². The van der Waals surface area contributed by atoms with Crippen LogP contribution in [-0.2, 0) is 0 Å². The highest BCUT2D eigenvalue weighted by Crippen LogP contribution is 2.36. The van der Waals surface area contributed by atoms with Crippen LogP contribution in [0.25, 0.3) is 10.6 Å². The number of anilines is 1. The van der Waals surface area contributed by atoms with Gasteiger partial charge in [0.1, 0.15) is 10.0 Å². The third-order valence-corrected chi connectivity index (χ3v) is 3.63. The molecule has 0 saturated carbocycles. The zero-order valence-corrected chi connectivity index (χ0v) is 10.4. The summed E-state index contributed by atoms with van der Waals surface area (Å²) >= 11 is 7.12. The van der Waals surface area contributed by atoms with Crippen molar-refractivity contribution in [2.75, 3.05) is 11.9 Å².